The summed E-state index contributed by atoms with van der Waals surface area (Å²) in [6, 6.07) is 8.44. The number of aromatic nitrogens is 1. The molecule has 1 fully saturated rings. The molecule has 2 aromatic rings. The summed E-state index contributed by atoms with van der Waals surface area (Å²) in [4.78, 5) is 16.0. The van der Waals surface area contributed by atoms with Gasteiger partial charge in [0.15, 0.2) is 0 Å². The Morgan fingerprint density at radius 1 is 1.24 bits per heavy atom. The lowest BCUT2D eigenvalue weighted by atomic mass is 10.1. The molecule has 3 rings (SSSR count). The third kappa shape index (κ3) is 4.73. The SMILES string of the molecule is C[C@@H]1O[C@@H](C)CN(S(=O)(=O)c2ccc(OCc3ccncc3)cc2)[C@H]1C(=O)NO. The lowest BCUT2D eigenvalue weighted by molar-refractivity contribution is -0.146. The number of hydrogen-bond donors (Lipinski definition) is 2. The van der Waals surface area contributed by atoms with Gasteiger partial charge in [-0.25, -0.2) is 13.9 Å². The van der Waals surface area contributed by atoms with E-state index in [-0.39, 0.29) is 11.4 Å². The van der Waals surface area contributed by atoms with Crippen LogP contribution in [0.2, 0.25) is 0 Å². The van der Waals surface area contributed by atoms with Crippen LogP contribution in [0.5, 0.6) is 5.75 Å². The molecule has 1 amide bonds. The van der Waals surface area contributed by atoms with Crippen LogP contribution >= 0.6 is 0 Å². The number of nitrogens with zero attached hydrogens (tertiary/aromatic N) is 2. The van der Waals surface area contributed by atoms with Crippen molar-refractivity contribution in [3.63, 3.8) is 0 Å². The summed E-state index contributed by atoms with van der Waals surface area (Å²) in [6.45, 7) is 3.63. The van der Waals surface area contributed by atoms with E-state index in [0.29, 0.717) is 12.4 Å². The monoisotopic (exact) mass is 421 g/mol. The van der Waals surface area contributed by atoms with Crippen molar-refractivity contribution in [2.45, 2.75) is 43.6 Å². The highest BCUT2D eigenvalue weighted by Gasteiger charge is 2.44. The maximum atomic E-state index is 13.2. The van der Waals surface area contributed by atoms with Gasteiger partial charge in [0.25, 0.3) is 5.91 Å². The second-order valence-electron chi connectivity index (χ2n) is 6.76. The van der Waals surface area contributed by atoms with E-state index in [0.717, 1.165) is 9.87 Å². The fourth-order valence-electron chi connectivity index (χ4n) is 3.23. The van der Waals surface area contributed by atoms with Gasteiger partial charge in [0.1, 0.15) is 18.4 Å². The van der Waals surface area contributed by atoms with Crippen LogP contribution in [0, 0.1) is 0 Å². The molecule has 9 nitrogen and oxygen atoms in total. The van der Waals surface area contributed by atoms with Crippen molar-refractivity contribution < 1.29 is 27.9 Å². The van der Waals surface area contributed by atoms with Gasteiger partial charge >= 0.3 is 0 Å². The van der Waals surface area contributed by atoms with Crippen LogP contribution in [-0.2, 0) is 26.2 Å². The van der Waals surface area contributed by atoms with Gasteiger partial charge in [0.2, 0.25) is 10.0 Å². The first kappa shape index (κ1) is 21.2. The number of amides is 1. The highest BCUT2D eigenvalue weighted by molar-refractivity contribution is 7.89. The molecule has 0 radical (unpaired) electrons. The zero-order chi connectivity index (χ0) is 21.0. The molecular formula is C19H23N3O6S. The first-order chi connectivity index (χ1) is 13.8. The predicted octanol–water partition coefficient (Wildman–Crippen LogP) is 1.33. The van der Waals surface area contributed by atoms with Gasteiger partial charge in [-0.05, 0) is 55.8 Å². The highest BCUT2D eigenvalue weighted by Crippen LogP contribution is 2.27. The topological polar surface area (TPSA) is 118 Å². The molecule has 156 valence electrons. The standard InChI is InChI=1S/C19H23N3O6S/c1-13-11-22(18(14(2)28-13)19(23)21-24)29(25,26)17-5-3-16(4-6-17)27-12-15-7-9-20-10-8-15/h3-10,13-14,18,24H,11-12H2,1-2H3,(H,21,23)/t13-,14-,18+/m0/s1. The molecule has 1 aliphatic rings. The van der Waals surface area contributed by atoms with E-state index in [1.54, 1.807) is 38.4 Å². The van der Waals surface area contributed by atoms with Gasteiger partial charge in [-0.2, -0.15) is 4.31 Å². The van der Waals surface area contributed by atoms with E-state index in [4.69, 9.17) is 14.7 Å². The van der Waals surface area contributed by atoms with Crippen molar-refractivity contribution in [3.05, 3.63) is 54.4 Å². The summed E-state index contributed by atoms with van der Waals surface area (Å²) in [6.07, 6.45) is 2.21. The van der Waals surface area contributed by atoms with E-state index in [1.165, 1.54) is 17.6 Å². The van der Waals surface area contributed by atoms with Crippen LogP contribution in [0.25, 0.3) is 0 Å². The highest BCUT2D eigenvalue weighted by atomic mass is 32.2. The van der Waals surface area contributed by atoms with Gasteiger partial charge in [-0.1, -0.05) is 0 Å². The van der Waals surface area contributed by atoms with E-state index in [1.807, 2.05) is 12.1 Å². The number of carbonyl (C=O) groups excluding carboxylic acids is 1. The van der Waals surface area contributed by atoms with Crippen LogP contribution in [-0.4, -0.2) is 53.6 Å². The smallest absolute Gasteiger partial charge is 0.264 e. The van der Waals surface area contributed by atoms with Crippen molar-refractivity contribution in [1.29, 1.82) is 0 Å². The molecule has 0 unspecified atom stereocenters. The zero-order valence-corrected chi connectivity index (χ0v) is 16.9. The van der Waals surface area contributed by atoms with Crippen LogP contribution in [0.3, 0.4) is 0 Å². The van der Waals surface area contributed by atoms with Crippen molar-refractivity contribution >= 4 is 15.9 Å². The average molecular weight is 421 g/mol. The van der Waals surface area contributed by atoms with Gasteiger partial charge in [0.05, 0.1) is 17.1 Å². The number of hydroxylamine groups is 1. The molecule has 10 heteroatoms. The minimum atomic E-state index is -4.00. The Balaban J connectivity index is 1.79. The third-order valence-corrected chi connectivity index (χ3v) is 6.46. The number of carbonyl (C=O) groups is 1. The van der Waals surface area contributed by atoms with Gasteiger partial charge < -0.3 is 9.47 Å². The van der Waals surface area contributed by atoms with Crippen molar-refractivity contribution in [1.82, 2.24) is 14.8 Å². The Morgan fingerprint density at radius 2 is 1.90 bits per heavy atom. The molecule has 1 aromatic carbocycles. The second kappa shape index (κ2) is 8.87. The second-order valence-corrected chi connectivity index (χ2v) is 8.65. The van der Waals surface area contributed by atoms with Crippen molar-refractivity contribution in [2.24, 2.45) is 0 Å². The minimum Gasteiger partial charge on any atom is -0.489 e. The summed E-state index contributed by atoms with van der Waals surface area (Å²) in [7, 11) is -4.00. The molecule has 0 saturated carbocycles. The molecule has 0 bridgehead atoms. The Morgan fingerprint density at radius 3 is 2.52 bits per heavy atom. The quantitative estimate of drug-likeness (QED) is 0.534. The summed E-state index contributed by atoms with van der Waals surface area (Å²) < 4.78 is 38.6. The van der Waals surface area contributed by atoms with Crippen molar-refractivity contribution in [3.8, 4) is 5.75 Å². The normalized spacial score (nSPS) is 22.8. The largest absolute Gasteiger partial charge is 0.489 e. The summed E-state index contributed by atoms with van der Waals surface area (Å²) in [5.74, 6) is -0.334. The first-order valence-electron chi connectivity index (χ1n) is 9.06. The van der Waals surface area contributed by atoms with Gasteiger partial charge in [-0.3, -0.25) is 15.0 Å². The minimum absolute atomic E-state index is 0.00887. The molecule has 1 aromatic heterocycles. The van der Waals surface area contributed by atoms with Crippen molar-refractivity contribution in [2.75, 3.05) is 6.54 Å². The number of benzene rings is 1. The number of sulfonamides is 1. The summed E-state index contributed by atoms with van der Waals surface area (Å²) in [5, 5.41) is 9.02. The Hall–Kier alpha value is -2.53. The number of pyridine rings is 1. The average Bonchev–Trinajstić information content (AvgIpc) is 2.72. The molecule has 2 heterocycles. The van der Waals surface area contributed by atoms with Crippen LogP contribution < -0.4 is 10.2 Å². The lowest BCUT2D eigenvalue weighted by Gasteiger charge is -2.40. The molecule has 1 aliphatic heterocycles. The van der Waals surface area contributed by atoms with Gasteiger partial charge in [0, 0.05) is 18.9 Å². The summed E-state index contributed by atoms with van der Waals surface area (Å²) >= 11 is 0. The maximum Gasteiger partial charge on any atom is 0.264 e. The molecule has 2 N–H and O–H groups in total. The molecule has 0 aliphatic carbocycles. The molecule has 29 heavy (non-hydrogen) atoms. The number of nitrogens with one attached hydrogen (secondary N) is 1. The fraction of sp³-hybridized carbons (Fsp3) is 0.368. The van der Waals surface area contributed by atoms with Crippen LogP contribution in [0.4, 0.5) is 0 Å². The van der Waals surface area contributed by atoms with E-state index in [9.17, 15) is 13.2 Å². The van der Waals surface area contributed by atoms with E-state index >= 15 is 0 Å². The lowest BCUT2D eigenvalue weighted by Crippen LogP contribution is -2.60. The Labute approximate surface area is 169 Å². The number of rotatable bonds is 6. The van der Waals surface area contributed by atoms with E-state index in [2.05, 4.69) is 4.98 Å². The molecule has 0 spiro atoms. The molecular weight excluding hydrogens is 398 g/mol. The summed E-state index contributed by atoms with van der Waals surface area (Å²) in [5.41, 5.74) is 2.46. The van der Waals surface area contributed by atoms with Crippen LogP contribution in [0.15, 0.2) is 53.7 Å². The molecule has 3 atom stereocenters. The predicted molar refractivity (Wildman–Crippen MR) is 103 cm³/mol. The zero-order valence-electron chi connectivity index (χ0n) is 16.1. The number of ether oxygens (including phenoxy) is 2. The van der Waals surface area contributed by atoms with Crippen LogP contribution in [0.1, 0.15) is 19.4 Å². The Bertz CT molecular complexity index is 936. The number of hydrogen-bond acceptors (Lipinski definition) is 7. The maximum absolute atomic E-state index is 13.2. The van der Waals surface area contributed by atoms with Gasteiger partial charge in [-0.15, -0.1) is 0 Å². The molecule has 1 saturated heterocycles. The fourth-order valence-corrected chi connectivity index (χ4v) is 4.95. The van der Waals surface area contributed by atoms with E-state index < -0.39 is 34.2 Å². The third-order valence-electron chi connectivity index (χ3n) is 4.60. The Kier molecular flexibility index (Phi) is 6.48. The first-order valence-corrected chi connectivity index (χ1v) is 10.5. The number of morpholine rings is 1.